The van der Waals surface area contributed by atoms with Gasteiger partial charge in [-0.2, -0.15) is 20.7 Å². The van der Waals surface area contributed by atoms with Gasteiger partial charge in [0.15, 0.2) is 11.6 Å². The summed E-state index contributed by atoms with van der Waals surface area (Å²) < 4.78 is 78.0. The van der Waals surface area contributed by atoms with Crippen molar-refractivity contribution in [3.63, 3.8) is 0 Å². The van der Waals surface area contributed by atoms with Crippen LogP contribution in [0, 0.1) is 29.6 Å². The number of aliphatic hydroxyl groups is 2. The predicted octanol–water partition coefficient (Wildman–Crippen LogP) is 5.15. The van der Waals surface area contributed by atoms with E-state index in [-0.39, 0.29) is 58.0 Å². The SMILES string of the molecule is CC#N.CC#N.Cc1nc(N(C)/N=C/c2cccc(CO)n2)cc(N(C)/N=C/c2cccc(CO)n2)n1.F[B-](F)(F)F.F[B-](F)(F)F.[Ag+].[Ag+]. The van der Waals surface area contributed by atoms with E-state index in [9.17, 15) is 44.7 Å². The topological polar surface area (TPSA) is 171 Å². The summed E-state index contributed by atoms with van der Waals surface area (Å²) in [5.74, 6) is 1.73. The van der Waals surface area contributed by atoms with Crippen molar-refractivity contribution in [3.05, 3.63) is 71.1 Å². The second-order valence-corrected chi connectivity index (χ2v) is 8.03. The summed E-state index contributed by atoms with van der Waals surface area (Å²) >= 11 is 0. The van der Waals surface area contributed by atoms with E-state index in [0.29, 0.717) is 40.2 Å². The van der Waals surface area contributed by atoms with E-state index in [0.717, 1.165) is 0 Å². The van der Waals surface area contributed by atoms with Crippen LogP contribution in [0.5, 0.6) is 0 Å². The molecule has 0 saturated carbocycles. The molecule has 3 rings (SSSR count). The number of hydrogen-bond acceptors (Lipinski definition) is 12. The van der Waals surface area contributed by atoms with E-state index in [1.54, 1.807) is 85.9 Å². The van der Waals surface area contributed by atoms with Crippen LogP contribution in [0.25, 0.3) is 0 Å². The van der Waals surface area contributed by atoms with E-state index < -0.39 is 14.5 Å². The van der Waals surface area contributed by atoms with Gasteiger partial charge in [0.25, 0.3) is 0 Å². The monoisotopic (exact) mass is 890 g/mol. The van der Waals surface area contributed by atoms with Gasteiger partial charge in [0, 0.05) is 34.0 Å². The molecule has 3 heterocycles. The molecule has 0 aliphatic rings. The van der Waals surface area contributed by atoms with Gasteiger partial charge in [-0.15, -0.1) is 0 Å². The molecule has 2 N–H and O–H groups in total. The van der Waals surface area contributed by atoms with Crippen molar-refractivity contribution in [2.24, 2.45) is 10.2 Å². The zero-order valence-corrected chi connectivity index (χ0v) is 29.2. The molecule has 0 bridgehead atoms. The molecule has 0 aliphatic carbocycles. The van der Waals surface area contributed by atoms with Gasteiger partial charge < -0.3 is 44.7 Å². The summed E-state index contributed by atoms with van der Waals surface area (Å²) in [4.78, 5) is 17.4. The Morgan fingerprint density at radius 1 is 0.694 bits per heavy atom. The Morgan fingerprint density at radius 3 is 1.24 bits per heavy atom. The van der Waals surface area contributed by atoms with Crippen LogP contribution >= 0.6 is 0 Å². The van der Waals surface area contributed by atoms with Crippen LogP contribution in [0.15, 0.2) is 52.7 Å². The molecule has 0 unspecified atom stereocenters. The maximum atomic E-state index is 9.75. The maximum Gasteiger partial charge on any atom is 1.00 e. The number of pyridine rings is 2. The fourth-order valence-electron chi connectivity index (χ4n) is 2.59. The first-order valence-corrected chi connectivity index (χ1v) is 12.7. The number of aromatic nitrogens is 4. The van der Waals surface area contributed by atoms with Gasteiger partial charge in [0.05, 0.1) is 60.6 Å². The fourth-order valence-corrected chi connectivity index (χ4v) is 2.59. The van der Waals surface area contributed by atoms with Gasteiger partial charge in [-0.3, -0.25) is 10.0 Å². The van der Waals surface area contributed by atoms with E-state index in [4.69, 9.17) is 10.5 Å². The van der Waals surface area contributed by atoms with Crippen LogP contribution in [-0.4, -0.2) is 71.2 Å². The third kappa shape index (κ3) is 31.3. The minimum atomic E-state index is -6.00. The van der Waals surface area contributed by atoms with Crippen molar-refractivity contribution in [1.29, 1.82) is 10.5 Å². The first-order valence-electron chi connectivity index (χ1n) is 12.7. The third-order valence-electron chi connectivity index (χ3n) is 4.18. The minimum Gasteiger partial charge on any atom is -0.418 e. The molecule has 49 heavy (non-hydrogen) atoms. The molecule has 0 fully saturated rings. The smallest absolute Gasteiger partial charge is 0.418 e. The summed E-state index contributed by atoms with van der Waals surface area (Å²) in [6.07, 6.45) is 3.19. The Bertz CT molecular complexity index is 1380. The van der Waals surface area contributed by atoms with E-state index in [1.165, 1.54) is 13.8 Å². The zero-order valence-electron chi connectivity index (χ0n) is 26.3. The molecule has 3 aromatic rings. The van der Waals surface area contributed by atoms with E-state index >= 15 is 0 Å². The minimum absolute atomic E-state index is 0. The van der Waals surface area contributed by atoms with Crippen molar-refractivity contribution >= 4 is 38.6 Å². The Labute approximate surface area is 308 Å². The van der Waals surface area contributed by atoms with Crippen LogP contribution in [0.4, 0.5) is 46.2 Å². The first kappa shape index (κ1) is 52.1. The number of hydrazone groups is 2. The van der Waals surface area contributed by atoms with Crippen molar-refractivity contribution in [1.82, 2.24) is 19.9 Å². The summed E-state index contributed by atoms with van der Waals surface area (Å²) in [7, 11) is -8.46. The fraction of sp³-hybridized carbons (Fsp3) is 0.280. The molecule has 0 spiro atoms. The number of rotatable bonds is 8. The summed E-state index contributed by atoms with van der Waals surface area (Å²) in [5.41, 5.74) is 2.41. The Balaban J connectivity index is -0.000000473. The zero-order chi connectivity index (χ0) is 36.6. The van der Waals surface area contributed by atoms with Crippen molar-refractivity contribution in [2.75, 3.05) is 24.1 Å². The van der Waals surface area contributed by atoms with Crippen LogP contribution < -0.4 is 10.0 Å². The molecule has 24 heteroatoms. The van der Waals surface area contributed by atoms with Crippen LogP contribution in [0.1, 0.15) is 42.4 Å². The number of nitrogens with zero attached hydrogens (tertiary/aromatic N) is 10. The summed E-state index contributed by atoms with van der Waals surface area (Å²) in [6, 6.07) is 16.0. The van der Waals surface area contributed by atoms with Crippen LogP contribution in [0.2, 0.25) is 0 Å². The van der Waals surface area contributed by atoms with Gasteiger partial charge >= 0.3 is 59.3 Å². The number of aryl methyl sites for hydroxylation is 1. The standard InChI is InChI=1S/C21H24N8O2.2C2H3N.2Ag.2BF4/c1-15-24-20(28(2)22-11-16-6-4-8-18(13-30)26-16)10-21(25-15)29(3)23-12-17-7-5-9-19(14-31)27-17;2*1-2-3;;;2*2-1(3,4)5/h4-12,30-31H,13-14H2,1-3H3;2*1H3;;;;/q;;;2*+1;2*-1/b22-11+,23-12+;;;;;;. The predicted molar refractivity (Wildman–Crippen MR) is 162 cm³/mol. The number of nitriles is 2. The van der Waals surface area contributed by atoms with E-state index in [2.05, 4.69) is 30.1 Å². The third-order valence-corrected chi connectivity index (χ3v) is 4.18. The molecule has 0 atom stereocenters. The summed E-state index contributed by atoms with van der Waals surface area (Å²) in [5, 5.41) is 45.0. The van der Waals surface area contributed by atoms with Crippen molar-refractivity contribution in [3.8, 4) is 12.1 Å². The Kier molecular flexibility index (Phi) is 29.9. The van der Waals surface area contributed by atoms with Crippen LogP contribution in [-0.2, 0) is 58.0 Å². The maximum absolute atomic E-state index is 9.75. The van der Waals surface area contributed by atoms with Crippen LogP contribution in [0.3, 0.4) is 0 Å². The molecule has 0 radical (unpaired) electrons. The molecule has 3 aromatic heterocycles. The molecular formula is C25H30Ag2B2F8N10O2. The second-order valence-electron chi connectivity index (χ2n) is 8.03. The van der Waals surface area contributed by atoms with Gasteiger partial charge in [0.2, 0.25) is 0 Å². The van der Waals surface area contributed by atoms with Gasteiger partial charge in [0.1, 0.15) is 5.82 Å². The summed E-state index contributed by atoms with van der Waals surface area (Å²) in [6.45, 7) is 4.40. The molecule has 276 valence electrons. The molecular weight excluding hydrogens is 862 g/mol. The quantitative estimate of drug-likeness (QED) is 0.133. The molecule has 0 amide bonds. The number of halogens is 8. The molecule has 0 aliphatic heterocycles. The number of anilines is 2. The molecule has 0 aromatic carbocycles. The average Bonchev–Trinajstić information content (AvgIpc) is 2.97. The molecule has 12 nitrogen and oxygen atoms in total. The van der Waals surface area contributed by atoms with Gasteiger partial charge in [-0.05, 0) is 31.2 Å². The largest absolute Gasteiger partial charge is 1.00 e. The average molecular weight is 892 g/mol. The van der Waals surface area contributed by atoms with Gasteiger partial charge in [-0.25, -0.2) is 19.9 Å². The van der Waals surface area contributed by atoms with E-state index in [1.807, 2.05) is 12.1 Å². The van der Waals surface area contributed by atoms with Gasteiger partial charge in [-0.1, -0.05) is 12.1 Å². The number of hydrogen-bond donors (Lipinski definition) is 2. The Morgan fingerprint density at radius 2 is 0.980 bits per heavy atom. The Hall–Kier alpha value is -3.73. The second kappa shape index (κ2) is 28.1. The first-order chi connectivity index (χ1) is 21.8. The number of aliphatic hydroxyl groups excluding tert-OH is 2. The molecule has 0 saturated heterocycles. The normalized spacial score (nSPS) is 9.98. The van der Waals surface area contributed by atoms with Crippen molar-refractivity contribution in [2.45, 2.75) is 34.0 Å². The van der Waals surface area contributed by atoms with Crippen molar-refractivity contribution < 1.29 is 89.5 Å².